The van der Waals surface area contributed by atoms with Crippen LogP contribution in [0.1, 0.15) is 67.7 Å². The van der Waals surface area contributed by atoms with E-state index < -0.39 is 17.2 Å². The number of nitrogens with zero attached hydrogens (tertiary/aromatic N) is 4. The number of rotatable bonds is 5. The molecule has 0 radical (unpaired) electrons. The van der Waals surface area contributed by atoms with Gasteiger partial charge in [-0.05, 0) is 55.4 Å². The van der Waals surface area contributed by atoms with Gasteiger partial charge in [-0.3, -0.25) is 0 Å². The van der Waals surface area contributed by atoms with Crippen LogP contribution in [0.5, 0.6) is 0 Å². The third-order valence-electron chi connectivity index (χ3n) is 5.94. The van der Waals surface area contributed by atoms with Crippen LogP contribution in [-0.4, -0.2) is 20.4 Å². The summed E-state index contributed by atoms with van der Waals surface area (Å²) in [6.07, 6.45) is 2.85. The molecule has 6 nitrogen and oxygen atoms in total. The van der Waals surface area contributed by atoms with E-state index in [9.17, 15) is 8.78 Å². The quantitative estimate of drug-likeness (QED) is 0.617. The summed E-state index contributed by atoms with van der Waals surface area (Å²) in [5, 5.41) is 16.5. The van der Waals surface area contributed by atoms with Gasteiger partial charge in [0, 0.05) is 6.92 Å². The minimum atomic E-state index is -0.647. The molecule has 2 aromatic heterocycles. The van der Waals surface area contributed by atoms with E-state index in [0.717, 1.165) is 30.5 Å². The van der Waals surface area contributed by atoms with Gasteiger partial charge in [0.2, 0.25) is 11.8 Å². The van der Waals surface area contributed by atoms with Gasteiger partial charge in [-0.25, -0.2) is 8.78 Å². The van der Waals surface area contributed by atoms with Gasteiger partial charge in [0.15, 0.2) is 0 Å². The molecule has 5 rings (SSSR count). The van der Waals surface area contributed by atoms with Crippen molar-refractivity contribution in [1.29, 1.82) is 0 Å². The number of ether oxygens (including phenoxy) is 1. The molecule has 3 aromatic rings. The van der Waals surface area contributed by atoms with Crippen molar-refractivity contribution in [3.05, 3.63) is 58.9 Å². The number of aromatic nitrogens is 4. The molecule has 0 spiro atoms. The topological polar surface area (TPSA) is 73.9 Å². The molecule has 1 fully saturated rings. The summed E-state index contributed by atoms with van der Waals surface area (Å²) in [5.74, 6) is -0.116. The summed E-state index contributed by atoms with van der Waals surface area (Å²) in [4.78, 5) is 0. The molecule has 0 aliphatic heterocycles. The summed E-state index contributed by atoms with van der Waals surface area (Å²) in [7, 11) is 0. The van der Waals surface area contributed by atoms with Gasteiger partial charge in [-0.1, -0.05) is 13.0 Å². The van der Waals surface area contributed by atoms with Gasteiger partial charge in [-0.15, -0.1) is 15.3 Å². The second kappa shape index (κ2) is 6.66. The SMILES string of the molecule is CC[C@H](O[C@]12CC[C@H](C1)c1cc(-c3c(F)cccc3F)nnc12)c1nnc(C)o1. The van der Waals surface area contributed by atoms with Gasteiger partial charge in [-0.2, -0.15) is 5.10 Å². The fourth-order valence-electron chi connectivity index (χ4n) is 4.61. The summed E-state index contributed by atoms with van der Waals surface area (Å²) < 4.78 is 40.5. The Morgan fingerprint density at radius 1 is 1.21 bits per heavy atom. The monoisotopic (exact) mass is 398 g/mol. The van der Waals surface area contributed by atoms with E-state index in [1.807, 2.05) is 6.92 Å². The van der Waals surface area contributed by atoms with E-state index in [4.69, 9.17) is 9.15 Å². The molecule has 2 aliphatic rings. The smallest absolute Gasteiger partial charge is 0.245 e. The molecule has 29 heavy (non-hydrogen) atoms. The van der Waals surface area contributed by atoms with Gasteiger partial charge in [0.25, 0.3) is 0 Å². The van der Waals surface area contributed by atoms with Crippen molar-refractivity contribution in [2.45, 2.75) is 57.2 Å². The number of aryl methyl sites for hydroxylation is 1. The Hall–Kier alpha value is -2.74. The minimum Gasteiger partial charge on any atom is -0.423 e. The maximum atomic E-state index is 14.2. The highest BCUT2D eigenvalue weighted by atomic mass is 19.1. The average Bonchev–Trinajstić information content (AvgIpc) is 3.40. The van der Waals surface area contributed by atoms with Crippen molar-refractivity contribution in [3.8, 4) is 11.3 Å². The third-order valence-corrected chi connectivity index (χ3v) is 5.94. The Labute approximate surface area is 166 Å². The first-order chi connectivity index (χ1) is 14.0. The third kappa shape index (κ3) is 2.85. The first-order valence-corrected chi connectivity index (χ1v) is 9.81. The molecule has 150 valence electrons. The number of benzene rings is 1. The maximum Gasteiger partial charge on any atom is 0.245 e. The molecule has 0 amide bonds. The molecule has 2 aliphatic carbocycles. The predicted octanol–water partition coefficient (Wildman–Crippen LogP) is 4.76. The lowest BCUT2D eigenvalue weighted by molar-refractivity contribution is -0.108. The Balaban J connectivity index is 1.52. The van der Waals surface area contributed by atoms with E-state index >= 15 is 0 Å². The van der Waals surface area contributed by atoms with Crippen LogP contribution in [0.4, 0.5) is 8.78 Å². The molecule has 1 aromatic carbocycles. The highest BCUT2D eigenvalue weighted by molar-refractivity contribution is 5.62. The Bertz CT molecular complexity index is 1070. The van der Waals surface area contributed by atoms with Crippen molar-refractivity contribution in [2.24, 2.45) is 0 Å². The van der Waals surface area contributed by atoms with Crippen LogP contribution in [0.3, 0.4) is 0 Å². The summed E-state index contributed by atoms with van der Waals surface area (Å²) >= 11 is 0. The van der Waals surface area contributed by atoms with Crippen molar-refractivity contribution in [3.63, 3.8) is 0 Å². The fraction of sp³-hybridized carbons (Fsp3) is 0.429. The zero-order valence-electron chi connectivity index (χ0n) is 16.2. The lowest BCUT2D eigenvalue weighted by Gasteiger charge is -2.30. The normalized spacial score (nSPS) is 23.4. The standard InChI is InChI=1S/C21H20F2N4O2/c1-3-17(20-27-24-11(2)28-20)29-21-8-7-12(10-21)13-9-16(25-26-19(13)21)18-14(22)5-4-6-15(18)23/h4-6,9,12,17H,3,7-8,10H2,1-2H3/t12-,17+,21-/m1/s1. The zero-order valence-corrected chi connectivity index (χ0v) is 16.2. The van der Waals surface area contributed by atoms with Crippen LogP contribution < -0.4 is 0 Å². The van der Waals surface area contributed by atoms with Crippen LogP contribution in [0.2, 0.25) is 0 Å². The summed E-state index contributed by atoms with van der Waals surface area (Å²) in [6, 6.07) is 5.55. The zero-order chi connectivity index (χ0) is 20.2. The number of hydrogen-bond acceptors (Lipinski definition) is 6. The van der Waals surface area contributed by atoms with Crippen molar-refractivity contribution < 1.29 is 17.9 Å². The lowest BCUT2D eigenvalue weighted by atomic mass is 9.92. The fourth-order valence-corrected chi connectivity index (χ4v) is 4.61. The number of hydrogen-bond donors (Lipinski definition) is 0. The average molecular weight is 398 g/mol. The largest absolute Gasteiger partial charge is 0.423 e. The molecule has 0 N–H and O–H groups in total. The van der Waals surface area contributed by atoms with Crippen LogP contribution in [0.25, 0.3) is 11.3 Å². The van der Waals surface area contributed by atoms with Gasteiger partial charge >= 0.3 is 0 Å². The minimum absolute atomic E-state index is 0.145. The molecule has 3 atom stereocenters. The molecule has 1 saturated carbocycles. The Morgan fingerprint density at radius 2 is 2.00 bits per heavy atom. The first kappa shape index (κ1) is 18.3. The molecule has 2 heterocycles. The van der Waals surface area contributed by atoms with Crippen LogP contribution in [0.15, 0.2) is 28.7 Å². The van der Waals surface area contributed by atoms with Gasteiger partial charge in [0.05, 0.1) is 17.0 Å². The Kier molecular flexibility index (Phi) is 4.20. The molecule has 0 saturated heterocycles. The summed E-state index contributed by atoms with van der Waals surface area (Å²) in [6.45, 7) is 3.74. The second-order valence-corrected chi connectivity index (χ2v) is 7.74. The first-order valence-electron chi connectivity index (χ1n) is 9.81. The highest BCUT2D eigenvalue weighted by Crippen LogP contribution is 2.58. The van der Waals surface area contributed by atoms with E-state index in [1.165, 1.54) is 18.2 Å². The van der Waals surface area contributed by atoms with Crippen molar-refractivity contribution in [1.82, 2.24) is 20.4 Å². The van der Waals surface area contributed by atoms with Gasteiger partial charge in [0.1, 0.15) is 23.3 Å². The molecular formula is C21H20F2N4O2. The van der Waals surface area contributed by atoms with Crippen LogP contribution >= 0.6 is 0 Å². The number of fused-ring (bicyclic) bond motifs is 5. The predicted molar refractivity (Wildman–Crippen MR) is 98.8 cm³/mol. The molecule has 0 unspecified atom stereocenters. The van der Waals surface area contributed by atoms with Crippen molar-refractivity contribution >= 4 is 0 Å². The van der Waals surface area contributed by atoms with Gasteiger partial charge < -0.3 is 9.15 Å². The Morgan fingerprint density at radius 3 is 2.69 bits per heavy atom. The highest BCUT2D eigenvalue weighted by Gasteiger charge is 2.53. The van der Waals surface area contributed by atoms with E-state index in [2.05, 4.69) is 20.4 Å². The van der Waals surface area contributed by atoms with Crippen molar-refractivity contribution in [2.75, 3.05) is 0 Å². The molecule has 8 heteroatoms. The second-order valence-electron chi connectivity index (χ2n) is 7.74. The van der Waals surface area contributed by atoms with Crippen LogP contribution in [-0.2, 0) is 10.3 Å². The van der Waals surface area contributed by atoms with E-state index in [-0.39, 0.29) is 23.3 Å². The van der Waals surface area contributed by atoms with E-state index in [1.54, 1.807) is 13.0 Å². The maximum absolute atomic E-state index is 14.2. The number of halogens is 2. The summed E-state index contributed by atoms with van der Waals surface area (Å²) in [5.41, 5.74) is 1.20. The van der Waals surface area contributed by atoms with E-state index in [0.29, 0.717) is 18.2 Å². The molecular weight excluding hydrogens is 378 g/mol. The molecule has 2 bridgehead atoms. The lowest BCUT2D eigenvalue weighted by Crippen LogP contribution is -2.29. The van der Waals surface area contributed by atoms with Crippen LogP contribution in [0, 0.1) is 18.6 Å².